The molecule has 444 valence electrons. The summed E-state index contributed by atoms with van der Waals surface area (Å²) < 4.78 is 10.4. The molecule has 14 aromatic rings. The minimum Gasteiger partial charge on any atom is -0.456 e. The molecule has 0 fully saturated rings. The third-order valence-corrected chi connectivity index (χ3v) is 20.3. The largest absolute Gasteiger partial charge is 0.456 e. The molecule has 96 heavy (non-hydrogen) atoms. The van der Waals surface area contributed by atoms with Gasteiger partial charge >= 0.3 is 0 Å². The number of benzene rings is 13. The van der Waals surface area contributed by atoms with Crippen LogP contribution in [0.5, 0.6) is 11.5 Å². The molecule has 2 aliphatic carbocycles. The minimum absolute atomic E-state index is 0.303. The zero-order valence-corrected chi connectivity index (χ0v) is 51.4. The molecule has 0 radical (unpaired) electrons. The quantitative estimate of drug-likeness (QED) is 0.149. The lowest BCUT2D eigenvalue weighted by atomic mass is 9.33. The SMILES string of the molecule is c1ccc(C2=NC3=NC(c4ccccc4)=NC4=NC(c5ccc(N6c7cc(-c8ccccc8)c(-c8ccccc8)cc7B7c8cc9c(cc8Oc8c(-n%10c%11ccccc%11c%11ccccc%11%10)ccc6c87)C6(c7ccccc7-c7ccccc76)c6ccccc6-9)cc5)=NC(=N2)N34)cc1. The van der Waals surface area contributed by atoms with Crippen molar-refractivity contribution in [2.45, 2.75) is 5.41 Å². The fraction of sp³-hybridized carbons (Fsp3) is 0.0118. The van der Waals surface area contributed by atoms with Gasteiger partial charge in [-0.25, -0.2) is 4.90 Å². The molecule has 0 N–H and O–H groups in total. The number of hydrogen-bond acceptors (Lipinski definition) is 9. The number of nitrogens with zero attached hydrogens (tertiary/aromatic N) is 9. The van der Waals surface area contributed by atoms with Crippen LogP contribution in [-0.2, 0) is 5.41 Å². The summed E-state index contributed by atoms with van der Waals surface area (Å²) in [5.41, 5.74) is 26.0. The fourth-order valence-corrected chi connectivity index (χ4v) is 16.3. The van der Waals surface area contributed by atoms with E-state index in [0.29, 0.717) is 35.4 Å². The first kappa shape index (κ1) is 52.7. The first-order valence-electron chi connectivity index (χ1n) is 32.5. The molecule has 0 atom stereocenters. The van der Waals surface area contributed by atoms with Gasteiger partial charge in [0.15, 0.2) is 17.5 Å². The van der Waals surface area contributed by atoms with Gasteiger partial charge in [-0.05, 0) is 144 Å². The average molecular weight is 1220 g/mol. The predicted octanol–water partition coefficient (Wildman–Crippen LogP) is 16.9. The molecule has 21 rings (SSSR count). The molecule has 0 saturated heterocycles. The van der Waals surface area contributed by atoms with Crippen LogP contribution in [0.4, 0.5) is 17.1 Å². The Hall–Kier alpha value is -12.9. The van der Waals surface area contributed by atoms with E-state index in [0.717, 1.165) is 101 Å². The molecule has 11 heteroatoms. The second-order valence-electron chi connectivity index (χ2n) is 25.3. The number of para-hydroxylation sites is 2. The standard InChI is InChI=1S/C85H50BN9O/c1-5-23-51(24-6-1)62-47-69-75(49-63(62)52-25-7-2-8-26-52)93(56-43-41-55(42-44-56)81-91-83-89-79(53-27-9-3-10-28-53)87-82-88-80(54-29-11-4-12-30-54)90-84(92-81)95(82)83)73-45-46-74(94-71-39-21-16-34-60(71)61-35-17-22-40-72(61)94)78-77(73)86(69)70-48-64-59-33-15-20-38-67(59)85(68(64)50-76(70)96-78)65-36-18-13-31-57(65)58-32-14-19-37-66(58)85/h1-50H. The molecular weight excluding hydrogens is 1170 g/mol. The van der Waals surface area contributed by atoms with Gasteiger partial charge in [-0.3, -0.25) is 0 Å². The molecule has 0 amide bonds. The third kappa shape index (κ3) is 7.41. The number of anilines is 3. The van der Waals surface area contributed by atoms with Crippen LogP contribution in [-0.4, -0.2) is 51.6 Å². The van der Waals surface area contributed by atoms with Crippen molar-refractivity contribution in [3.05, 3.63) is 342 Å². The van der Waals surface area contributed by atoms with Crippen LogP contribution >= 0.6 is 0 Å². The van der Waals surface area contributed by atoms with Gasteiger partial charge in [0, 0.05) is 44.5 Å². The number of guanidine groups is 3. The summed E-state index contributed by atoms with van der Waals surface area (Å²) in [5, 5.41) is 2.35. The van der Waals surface area contributed by atoms with Gasteiger partial charge in [0.1, 0.15) is 11.5 Å². The number of aliphatic imine (C=N–C) groups is 6. The Morgan fingerprint density at radius 1 is 0.302 bits per heavy atom. The maximum atomic E-state index is 8.01. The second-order valence-corrected chi connectivity index (χ2v) is 25.3. The first-order valence-corrected chi connectivity index (χ1v) is 32.5. The second kappa shape index (κ2) is 20.1. The maximum absolute atomic E-state index is 8.01. The van der Waals surface area contributed by atoms with E-state index < -0.39 is 5.41 Å². The van der Waals surface area contributed by atoms with E-state index >= 15 is 0 Å². The van der Waals surface area contributed by atoms with E-state index in [1.54, 1.807) is 4.90 Å². The van der Waals surface area contributed by atoms with Crippen LogP contribution in [0.25, 0.3) is 72.0 Å². The van der Waals surface area contributed by atoms with E-state index in [2.05, 4.69) is 252 Å². The average Bonchev–Trinajstić information content (AvgIpc) is 1.45. The van der Waals surface area contributed by atoms with Crippen LogP contribution in [0, 0.1) is 0 Å². The van der Waals surface area contributed by atoms with Crippen LogP contribution in [0.15, 0.2) is 333 Å². The van der Waals surface area contributed by atoms with Gasteiger partial charge in [0.05, 0.1) is 22.1 Å². The van der Waals surface area contributed by atoms with Gasteiger partial charge in [-0.15, -0.1) is 0 Å². The summed E-state index contributed by atoms with van der Waals surface area (Å²) >= 11 is 0. The van der Waals surface area contributed by atoms with Crippen molar-refractivity contribution in [3.8, 4) is 61.7 Å². The minimum atomic E-state index is -0.586. The Morgan fingerprint density at radius 2 is 0.729 bits per heavy atom. The summed E-state index contributed by atoms with van der Waals surface area (Å²) in [7, 11) is 0. The smallest absolute Gasteiger partial charge is 0.256 e. The van der Waals surface area contributed by atoms with Crippen molar-refractivity contribution in [1.82, 2.24) is 9.47 Å². The number of ether oxygens (including phenoxy) is 1. The lowest BCUT2D eigenvalue weighted by Crippen LogP contribution is -2.60. The number of rotatable bonds is 7. The van der Waals surface area contributed by atoms with Crippen LogP contribution in [0.3, 0.4) is 0 Å². The number of hydrogen-bond donors (Lipinski definition) is 0. The summed E-state index contributed by atoms with van der Waals surface area (Å²) in [6.45, 7) is -0.303. The highest BCUT2D eigenvalue weighted by Crippen LogP contribution is 2.63. The van der Waals surface area contributed by atoms with Crippen molar-refractivity contribution >= 4 is 97.4 Å². The van der Waals surface area contributed by atoms with E-state index in [1.165, 1.54) is 55.3 Å². The van der Waals surface area contributed by atoms with Crippen LogP contribution in [0.1, 0.15) is 38.9 Å². The molecule has 1 aromatic heterocycles. The lowest BCUT2D eigenvalue weighted by molar-refractivity contribution is 0.484. The summed E-state index contributed by atoms with van der Waals surface area (Å²) in [4.78, 5) is 34.6. The molecular formula is C85H50BN9O. The Kier molecular flexibility index (Phi) is 11.0. The molecule has 7 aliphatic rings. The molecule has 13 aromatic carbocycles. The summed E-state index contributed by atoms with van der Waals surface area (Å²) in [5.74, 6) is 4.30. The van der Waals surface area contributed by atoms with Crippen molar-refractivity contribution < 1.29 is 4.74 Å². The lowest BCUT2D eigenvalue weighted by Gasteiger charge is -2.41. The van der Waals surface area contributed by atoms with Crippen molar-refractivity contribution in [2.75, 3.05) is 4.90 Å². The Balaban J connectivity index is 0.814. The van der Waals surface area contributed by atoms with Crippen molar-refractivity contribution in [3.63, 3.8) is 0 Å². The molecule has 1 spiro atoms. The third-order valence-electron chi connectivity index (χ3n) is 20.3. The highest BCUT2D eigenvalue weighted by atomic mass is 16.5. The molecule has 5 aliphatic heterocycles. The van der Waals surface area contributed by atoms with Crippen molar-refractivity contribution in [2.24, 2.45) is 30.0 Å². The zero-order valence-electron chi connectivity index (χ0n) is 51.4. The molecule has 10 nitrogen and oxygen atoms in total. The van der Waals surface area contributed by atoms with E-state index in [9.17, 15) is 0 Å². The number of fused-ring (bicyclic) bond motifs is 17. The molecule has 0 bridgehead atoms. The number of amidine groups is 3. The predicted molar refractivity (Wildman–Crippen MR) is 390 cm³/mol. The van der Waals surface area contributed by atoms with E-state index in [-0.39, 0.29) is 6.71 Å². The topological polar surface area (TPSA) is 94.8 Å². The van der Waals surface area contributed by atoms with Crippen LogP contribution in [0.2, 0.25) is 0 Å². The Bertz CT molecular complexity index is 5790. The van der Waals surface area contributed by atoms with E-state index in [4.69, 9.17) is 34.7 Å². The van der Waals surface area contributed by atoms with Gasteiger partial charge < -0.3 is 14.2 Å². The maximum Gasteiger partial charge on any atom is 0.256 e. The van der Waals surface area contributed by atoms with E-state index in [1.807, 2.05) is 60.7 Å². The molecule has 0 saturated carbocycles. The monoisotopic (exact) mass is 1220 g/mol. The number of aromatic nitrogens is 1. The normalized spacial score (nSPS) is 15.1. The summed E-state index contributed by atoms with van der Waals surface area (Å²) in [6, 6.07) is 109. The Labute approximate surface area is 552 Å². The fourth-order valence-electron chi connectivity index (χ4n) is 16.3. The molecule has 6 heterocycles. The summed E-state index contributed by atoms with van der Waals surface area (Å²) in [6.07, 6.45) is 0. The van der Waals surface area contributed by atoms with Crippen LogP contribution < -0.4 is 26.0 Å². The van der Waals surface area contributed by atoms with Crippen molar-refractivity contribution in [1.29, 1.82) is 0 Å². The highest BCUT2D eigenvalue weighted by molar-refractivity contribution is 6.99. The first-order chi connectivity index (χ1) is 47.6. The van der Waals surface area contributed by atoms with Gasteiger partial charge in [0.2, 0.25) is 17.9 Å². The Morgan fingerprint density at radius 3 is 1.26 bits per heavy atom. The van der Waals surface area contributed by atoms with Gasteiger partial charge in [-0.1, -0.05) is 243 Å². The van der Waals surface area contributed by atoms with Gasteiger partial charge in [0.25, 0.3) is 6.71 Å². The van der Waals surface area contributed by atoms with Gasteiger partial charge in [-0.2, -0.15) is 30.0 Å². The zero-order chi connectivity index (χ0) is 62.7. The molecule has 0 unspecified atom stereocenters. The highest BCUT2D eigenvalue weighted by Gasteiger charge is 2.54.